The minimum absolute atomic E-state index is 0.201. The summed E-state index contributed by atoms with van der Waals surface area (Å²) >= 11 is 6.10. The summed E-state index contributed by atoms with van der Waals surface area (Å²) in [6, 6.07) is 12.6. The van der Waals surface area contributed by atoms with Crippen LogP contribution in [0.4, 0.5) is 5.69 Å². The number of carbonyl (C=O) groups excluding carboxylic acids is 1. The summed E-state index contributed by atoms with van der Waals surface area (Å²) in [6.45, 7) is 0. The lowest BCUT2D eigenvalue weighted by Crippen LogP contribution is -2.12. The number of H-pyrrole nitrogens is 1. The smallest absolute Gasteiger partial charge is 0.255 e. The van der Waals surface area contributed by atoms with Gasteiger partial charge in [0.2, 0.25) is 0 Å². The Morgan fingerprint density at radius 1 is 1.22 bits per heavy atom. The number of aromatic nitrogens is 1. The summed E-state index contributed by atoms with van der Waals surface area (Å²) in [4.78, 5) is 15.5. The van der Waals surface area contributed by atoms with Crippen LogP contribution in [0.5, 0.6) is 0 Å². The number of carbonyl (C=O) groups is 1. The lowest BCUT2D eigenvalue weighted by atomic mass is 10.1. The third-order valence-electron chi connectivity index (χ3n) is 3.48. The highest BCUT2D eigenvalue weighted by Gasteiger charge is 2.10. The predicted octanol–water partition coefficient (Wildman–Crippen LogP) is 3.95. The zero-order chi connectivity index (χ0) is 16.4. The molecule has 1 atom stereocenters. The fourth-order valence-corrected chi connectivity index (χ4v) is 3.31. The summed E-state index contributed by atoms with van der Waals surface area (Å²) in [5.41, 5.74) is 2.86. The van der Waals surface area contributed by atoms with Crippen LogP contribution in [-0.2, 0) is 16.6 Å². The maximum Gasteiger partial charge on any atom is 0.255 e. The molecular formula is C17H15ClN2O2S. The molecule has 2 aromatic carbocycles. The molecule has 0 saturated carbocycles. The van der Waals surface area contributed by atoms with E-state index in [0.29, 0.717) is 22.0 Å². The Balaban J connectivity index is 1.83. The summed E-state index contributed by atoms with van der Waals surface area (Å²) in [6.07, 6.45) is 3.45. The topological polar surface area (TPSA) is 62.0 Å². The molecule has 1 aromatic heterocycles. The van der Waals surface area contributed by atoms with E-state index in [-0.39, 0.29) is 5.91 Å². The van der Waals surface area contributed by atoms with Gasteiger partial charge in [0.25, 0.3) is 5.91 Å². The van der Waals surface area contributed by atoms with E-state index in [4.69, 9.17) is 11.6 Å². The Morgan fingerprint density at radius 3 is 2.83 bits per heavy atom. The minimum atomic E-state index is -0.996. The van der Waals surface area contributed by atoms with E-state index in [9.17, 15) is 9.00 Å². The van der Waals surface area contributed by atoms with E-state index in [1.165, 1.54) is 0 Å². The lowest BCUT2D eigenvalue weighted by Gasteiger charge is -2.09. The number of nitrogens with one attached hydrogen (secondary N) is 2. The van der Waals surface area contributed by atoms with Gasteiger partial charge in [0.15, 0.2) is 0 Å². The van der Waals surface area contributed by atoms with Gasteiger partial charge < -0.3 is 10.3 Å². The van der Waals surface area contributed by atoms with Gasteiger partial charge in [-0.3, -0.25) is 9.00 Å². The average Bonchev–Trinajstić information content (AvgIpc) is 2.97. The molecule has 23 heavy (non-hydrogen) atoms. The molecule has 4 nitrogen and oxygen atoms in total. The summed E-state index contributed by atoms with van der Waals surface area (Å²) in [7, 11) is -0.996. The second-order valence-electron chi connectivity index (χ2n) is 5.26. The minimum Gasteiger partial charge on any atom is -0.361 e. The van der Waals surface area contributed by atoms with Gasteiger partial charge in [0.05, 0.1) is 0 Å². The van der Waals surface area contributed by atoms with E-state index < -0.39 is 10.8 Å². The highest BCUT2D eigenvalue weighted by molar-refractivity contribution is 7.83. The number of fused-ring (bicyclic) bond motifs is 1. The summed E-state index contributed by atoms with van der Waals surface area (Å²) < 4.78 is 11.4. The maximum absolute atomic E-state index is 12.4. The van der Waals surface area contributed by atoms with Crippen LogP contribution in [0, 0.1) is 0 Å². The van der Waals surface area contributed by atoms with Crippen LogP contribution in [0.2, 0.25) is 5.02 Å². The van der Waals surface area contributed by atoms with Gasteiger partial charge in [-0.2, -0.15) is 0 Å². The van der Waals surface area contributed by atoms with Gasteiger partial charge in [-0.15, -0.1) is 0 Å². The standard InChI is InChI=1S/C17H15ClN2O2S/c1-23(22)10-13-8-14(4-5-15(13)18)20-17(21)12-3-2-11-6-7-19-16(11)9-12/h2-9,19H,10H2,1H3,(H,20,21)/t23-/m1/s1. The molecule has 0 aliphatic rings. The van der Waals surface area contributed by atoms with E-state index in [0.717, 1.165) is 16.5 Å². The molecule has 0 aliphatic heterocycles. The molecular weight excluding hydrogens is 332 g/mol. The van der Waals surface area contributed by atoms with E-state index in [2.05, 4.69) is 10.3 Å². The Bertz CT molecular complexity index is 904. The number of benzene rings is 2. The van der Waals surface area contributed by atoms with Crippen molar-refractivity contribution in [1.82, 2.24) is 4.98 Å². The monoisotopic (exact) mass is 346 g/mol. The Hall–Kier alpha value is -2.11. The molecule has 118 valence electrons. The van der Waals surface area contributed by atoms with E-state index in [1.54, 1.807) is 30.5 Å². The van der Waals surface area contributed by atoms with Crippen LogP contribution in [0.25, 0.3) is 10.9 Å². The molecule has 0 unspecified atom stereocenters. The van der Waals surface area contributed by atoms with E-state index in [1.807, 2.05) is 24.4 Å². The van der Waals surface area contributed by atoms with E-state index >= 15 is 0 Å². The molecule has 3 rings (SSSR count). The second-order valence-corrected chi connectivity index (χ2v) is 7.10. The maximum atomic E-state index is 12.4. The third-order valence-corrected chi connectivity index (χ3v) is 4.57. The molecule has 1 amide bonds. The van der Waals surface area contributed by atoms with Gasteiger partial charge in [-0.05, 0) is 47.3 Å². The number of hydrogen-bond acceptors (Lipinski definition) is 2. The number of rotatable bonds is 4. The van der Waals surface area contributed by atoms with Crippen molar-refractivity contribution >= 4 is 44.9 Å². The van der Waals surface area contributed by atoms with Crippen LogP contribution in [0.3, 0.4) is 0 Å². The van der Waals surface area contributed by atoms with Crippen molar-refractivity contribution in [2.45, 2.75) is 5.75 Å². The second kappa shape index (κ2) is 6.56. The zero-order valence-corrected chi connectivity index (χ0v) is 14.0. The van der Waals surface area contributed by atoms with Gasteiger partial charge in [0.1, 0.15) is 0 Å². The average molecular weight is 347 g/mol. The Morgan fingerprint density at radius 2 is 2.04 bits per heavy atom. The first-order chi connectivity index (χ1) is 11.0. The first-order valence-corrected chi connectivity index (χ1v) is 9.10. The Kier molecular flexibility index (Phi) is 4.50. The normalized spacial score (nSPS) is 12.3. The zero-order valence-electron chi connectivity index (χ0n) is 12.4. The first-order valence-electron chi connectivity index (χ1n) is 7.00. The van der Waals surface area contributed by atoms with Gasteiger partial charge >= 0.3 is 0 Å². The van der Waals surface area contributed by atoms with Crippen molar-refractivity contribution in [2.24, 2.45) is 0 Å². The fraction of sp³-hybridized carbons (Fsp3) is 0.118. The van der Waals surface area contributed by atoms with Gasteiger partial charge in [-0.1, -0.05) is 17.7 Å². The summed E-state index contributed by atoms with van der Waals surface area (Å²) in [5, 5.41) is 4.45. The number of amides is 1. The predicted molar refractivity (Wildman–Crippen MR) is 95.5 cm³/mol. The number of hydrogen-bond donors (Lipinski definition) is 2. The van der Waals surface area contributed by atoms with Crippen molar-refractivity contribution in [2.75, 3.05) is 11.6 Å². The van der Waals surface area contributed by atoms with Crippen LogP contribution in [0.15, 0.2) is 48.7 Å². The van der Waals surface area contributed by atoms with Crippen molar-refractivity contribution in [3.63, 3.8) is 0 Å². The third kappa shape index (κ3) is 3.63. The van der Waals surface area contributed by atoms with Crippen LogP contribution in [0.1, 0.15) is 15.9 Å². The molecule has 0 saturated heterocycles. The molecule has 0 fully saturated rings. The fourth-order valence-electron chi connectivity index (χ4n) is 2.37. The van der Waals surface area contributed by atoms with Gasteiger partial charge in [0, 0.05) is 50.8 Å². The van der Waals surface area contributed by atoms with Crippen LogP contribution < -0.4 is 5.32 Å². The molecule has 2 N–H and O–H groups in total. The van der Waals surface area contributed by atoms with Crippen molar-refractivity contribution in [1.29, 1.82) is 0 Å². The number of halogens is 1. The molecule has 0 bridgehead atoms. The SMILES string of the molecule is C[S@@](=O)Cc1cc(NC(=O)c2ccc3cc[nH]c3c2)ccc1Cl. The first kappa shape index (κ1) is 15.8. The number of anilines is 1. The highest BCUT2D eigenvalue weighted by atomic mass is 35.5. The molecule has 6 heteroatoms. The number of aromatic amines is 1. The summed E-state index contributed by atoms with van der Waals surface area (Å²) in [5.74, 6) is 0.157. The highest BCUT2D eigenvalue weighted by Crippen LogP contribution is 2.23. The van der Waals surface area contributed by atoms with Crippen molar-refractivity contribution in [3.8, 4) is 0 Å². The molecule has 0 aliphatic carbocycles. The van der Waals surface area contributed by atoms with Crippen molar-refractivity contribution in [3.05, 3.63) is 64.8 Å². The van der Waals surface area contributed by atoms with Gasteiger partial charge in [-0.25, -0.2) is 0 Å². The molecule has 0 spiro atoms. The lowest BCUT2D eigenvalue weighted by molar-refractivity contribution is 0.102. The van der Waals surface area contributed by atoms with Crippen LogP contribution in [-0.4, -0.2) is 21.4 Å². The largest absolute Gasteiger partial charge is 0.361 e. The van der Waals surface area contributed by atoms with Crippen LogP contribution >= 0.6 is 11.6 Å². The molecule has 3 aromatic rings. The quantitative estimate of drug-likeness (QED) is 0.751. The Labute approximate surface area is 141 Å². The molecule has 1 heterocycles. The molecule has 0 radical (unpaired) electrons. The van der Waals surface area contributed by atoms with Crippen molar-refractivity contribution < 1.29 is 9.00 Å².